The first-order valence-corrected chi connectivity index (χ1v) is 8.92. The van der Waals surface area contributed by atoms with Gasteiger partial charge in [-0.15, -0.1) is 0 Å². The lowest BCUT2D eigenvalue weighted by atomic mass is 10.1. The predicted octanol–water partition coefficient (Wildman–Crippen LogP) is 2.81. The Morgan fingerprint density at radius 3 is 2.69 bits per heavy atom. The number of pyridine rings is 1. The fraction of sp³-hybridized carbons (Fsp3) is 0.350. The maximum Gasteiger partial charge on any atom is 0.269 e. The van der Waals surface area contributed by atoms with Crippen LogP contribution in [0.15, 0.2) is 42.6 Å². The molecule has 1 aliphatic heterocycles. The predicted molar refractivity (Wildman–Crippen MR) is 99.3 cm³/mol. The Balaban J connectivity index is 1.61. The molecule has 0 bridgehead atoms. The van der Waals surface area contributed by atoms with Gasteiger partial charge in [0.05, 0.1) is 6.10 Å². The molecule has 2 amide bonds. The second kappa shape index (κ2) is 8.58. The van der Waals surface area contributed by atoms with Gasteiger partial charge in [-0.3, -0.25) is 14.6 Å². The smallest absolute Gasteiger partial charge is 0.269 e. The molecule has 6 heteroatoms. The summed E-state index contributed by atoms with van der Waals surface area (Å²) in [7, 11) is 0. The summed E-state index contributed by atoms with van der Waals surface area (Å²) in [6.45, 7) is 3.28. The van der Waals surface area contributed by atoms with Crippen LogP contribution in [-0.2, 0) is 11.2 Å². The first-order chi connectivity index (χ1) is 12.7. The summed E-state index contributed by atoms with van der Waals surface area (Å²) in [5, 5.41) is 5.65. The zero-order valence-electron chi connectivity index (χ0n) is 14.8. The van der Waals surface area contributed by atoms with E-state index in [2.05, 4.69) is 22.5 Å². The molecule has 1 aliphatic rings. The molecule has 1 saturated heterocycles. The van der Waals surface area contributed by atoms with Crippen LogP contribution in [-0.4, -0.2) is 36.1 Å². The van der Waals surface area contributed by atoms with Crippen molar-refractivity contribution in [2.75, 3.05) is 18.5 Å². The van der Waals surface area contributed by atoms with E-state index in [4.69, 9.17) is 4.74 Å². The number of nitrogens with one attached hydrogen (secondary N) is 2. The van der Waals surface area contributed by atoms with E-state index >= 15 is 0 Å². The number of rotatable bonds is 6. The van der Waals surface area contributed by atoms with Crippen LogP contribution < -0.4 is 10.6 Å². The normalized spacial score (nSPS) is 16.3. The maximum atomic E-state index is 12.4. The minimum absolute atomic E-state index is 0.0662. The van der Waals surface area contributed by atoms with Crippen molar-refractivity contribution in [2.45, 2.75) is 32.3 Å². The van der Waals surface area contributed by atoms with Gasteiger partial charge in [0.2, 0.25) is 0 Å². The molecule has 1 atom stereocenters. The molecule has 1 aromatic heterocycles. The number of amides is 2. The molecule has 0 aliphatic carbocycles. The van der Waals surface area contributed by atoms with Gasteiger partial charge in [0.1, 0.15) is 5.69 Å². The SMILES string of the molecule is CCc1ccc(NC(=O)c2ccnc(C(=O)NCC3CCCO3)c2)cc1. The number of benzene rings is 1. The van der Waals surface area contributed by atoms with E-state index in [0.717, 1.165) is 25.9 Å². The number of nitrogens with zero attached hydrogens (tertiary/aromatic N) is 1. The molecular weight excluding hydrogens is 330 g/mol. The third-order valence-corrected chi connectivity index (χ3v) is 4.39. The largest absolute Gasteiger partial charge is 0.376 e. The van der Waals surface area contributed by atoms with Gasteiger partial charge in [-0.2, -0.15) is 0 Å². The molecule has 1 unspecified atom stereocenters. The Morgan fingerprint density at radius 2 is 2.00 bits per heavy atom. The van der Waals surface area contributed by atoms with Gasteiger partial charge in [-0.1, -0.05) is 19.1 Å². The first-order valence-electron chi connectivity index (χ1n) is 8.92. The summed E-state index contributed by atoms with van der Waals surface area (Å²) in [4.78, 5) is 28.7. The second-order valence-electron chi connectivity index (χ2n) is 6.28. The standard InChI is InChI=1S/C20H23N3O3/c1-2-14-5-7-16(8-6-14)23-19(24)15-9-10-21-18(12-15)20(25)22-13-17-4-3-11-26-17/h5-10,12,17H,2-4,11,13H2,1H3,(H,22,25)(H,23,24). The van der Waals surface area contributed by atoms with Crippen molar-refractivity contribution in [1.82, 2.24) is 10.3 Å². The van der Waals surface area contributed by atoms with Crippen LogP contribution in [0, 0.1) is 0 Å². The fourth-order valence-electron chi connectivity index (χ4n) is 2.83. The van der Waals surface area contributed by atoms with Crippen molar-refractivity contribution in [3.63, 3.8) is 0 Å². The Morgan fingerprint density at radius 1 is 1.19 bits per heavy atom. The van der Waals surface area contributed by atoms with Crippen LogP contribution in [0.2, 0.25) is 0 Å². The summed E-state index contributed by atoms with van der Waals surface area (Å²) >= 11 is 0. The van der Waals surface area contributed by atoms with Crippen molar-refractivity contribution < 1.29 is 14.3 Å². The van der Waals surface area contributed by atoms with Crippen LogP contribution in [0.3, 0.4) is 0 Å². The molecule has 2 N–H and O–H groups in total. The molecule has 0 spiro atoms. The average Bonchev–Trinajstić information content (AvgIpc) is 3.20. The Bertz CT molecular complexity index is 768. The number of anilines is 1. The van der Waals surface area contributed by atoms with Gasteiger partial charge in [-0.25, -0.2) is 0 Å². The van der Waals surface area contributed by atoms with Gasteiger partial charge in [0.15, 0.2) is 0 Å². The number of ether oxygens (including phenoxy) is 1. The van der Waals surface area contributed by atoms with Gasteiger partial charge in [-0.05, 0) is 49.1 Å². The lowest BCUT2D eigenvalue weighted by Crippen LogP contribution is -2.32. The molecule has 3 rings (SSSR count). The van der Waals surface area contributed by atoms with Crippen molar-refractivity contribution in [1.29, 1.82) is 0 Å². The van der Waals surface area contributed by atoms with Gasteiger partial charge in [0.25, 0.3) is 11.8 Å². The van der Waals surface area contributed by atoms with Gasteiger partial charge >= 0.3 is 0 Å². The quantitative estimate of drug-likeness (QED) is 0.837. The second-order valence-corrected chi connectivity index (χ2v) is 6.28. The Kier molecular flexibility index (Phi) is 5.96. The third kappa shape index (κ3) is 4.67. The molecule has 0 saturated carbocycles. The van der Waals surface area contributed by atoms with Crippen molar-refractivity contribution in [2.24, 2.45) is 0 Å². The highest BCUT2D eigenvalue weighted by Crippen LogP contribution is 2.13. The molecule has 2 aromatic rings. The summed E-state index contributed by atoms with van der Waals surface area (Å²) in [6, 6.07) is 10.8. The molecule has 2 heterocycles. The summed E-state index contributed by atoms with van der Waals surface area (Å²) < 4.78 is 5.48. The summed E-state index contributed by atoms with van der Waals surface area (Å²) in [6.07, 6.45) is 4.45. The topological polar surface area (TPSA) is 80.3 Å². The van der Waals surface area contributed by atoms with Crippen LogP contribution in [0.1, 0.15) is 46.2 Å². The minimum atomic E-state index is -0.303. The monoisotopic (exact) mass is 353 g/mol. The molecule has 6 nitrogen and oxygen atoms in total. The number of carbonyl (C=O) groups excluding carboxylic acids is 2. The average molecular weight is 353 g/mol. The highest BCUT2D eigenvalue weighted by atomic mass is 16.5. The van der Waals surface area contributed by atoms with Gasteiger partial charge in [0, 0.05) is 30.6 Å². The molecule has 1 fully saturated rings. The van der Waals surface area contributed by atoms with E-state index in [0.29, 0.717) is 17.8 Å². The third-order valence-electron chi connectivity index (χ3n) is 4.39. The fourth-order valence-corrected chi connectivity index (χ4v) is 2.83. The van der Waals surface area contributed by atoms with E-state index in [1.165, 1.54) is 17.8 Å². The summed E-state index contributed by atoms with van der Waals surface area (Å²) in [5.74, 6) is -0.577. The lowest BCUT2D eigenvalue weighted by molar-refractivity contribution is 0.0853. The molecule has 1 aromatic carbocycles. The highest BCUT2D eigenvalue weighted by Gasteiger charge is 2.18. The highest BCUT2D eigenvalue weighted by molar-refractivity contribution is 6.05. The van der Waals surface area contributed by atoms with Crippen LogP contribution >= 0.6 is 0 Å². The Labute approximate surface area is 153 Å². The summed E-state index contributed by atoms with van der Waals surface area (Å²) in [5.41, 5.74) is 2.53. The van der Waals surface area contributed by atoms with Gasteiger partial charge < -0.3 is 15.4 Å². The van der Waals surface area contributed by atoms with E-state index in [9.17, 15) is 9.59 Å². The zero-order chi connectivity index (χ0) is 18.4. The van der Waals surface area contributed by atoms with Crippen LogP contribution in [0.4, 0.5) is 5.69 Å². The Hall–Kier alpha value is -2.73. The maximum absolute atomic E-state index is 12.4. The first kappa shape index (κ1) is 18.1. The van der Waals surface area contributed by atoms with Crippen LogP contribution in [0.25, 0.3) is 0 Å². The molecule has 26 heavy (non-hydrogen) atoms. The van der Waals surface area contributed by atoms with E-state index < -0.39 is 0 Å². The number of hydrogen-bond acceptors (Lipinski definition) is 4. The minimum Gasteiger partial charge on any atom is -0.376 e. The number of carbonyl (C=O) groups is 2. The van der Waals surface area contributed by atoms with Crippen LogP contribution in [0.5, 0.6) is 0 Å². The zero-order valence-corrected chi connectivity index (χ0v) is 14.8. The van der Waals surface area contributed by atoms with E-state index in [1.54, 1.807) is 6.07 Å². The number of hydrogen-bond donors (Lipinski definition) is 2. The number of aromatic nitrogens is 1. The molecule has 136 valence electrons. The van der Waals surface area contributed by atoms with Crippen molar-refractivity contribution >= 4 is 17.5 Å². The molecule has 0 radical (unpaired) electrons. The van der Waals surface area contributed by atoms with E-state index in [1.807, 2.05) is 24.3 Å². The van der Waals surface area contributed by atoms with Crippen molar-refractivity contribution in [3.8, 4) is 0 Å². The lowest BCUT2D eigenvalue weighted by Gasteiger charge is -2.11. The molecular formula is C20H23N3O3. The number of aryl methyl sites for hydroxylation is 1. The van der Waals surface area contributed by atoms with Crippen molar-refractivity contribution in [3.05, 3.63) is 59.4 Å². The van der Waals surface area contributed by atoms with E-state index in [-0.39, 0.29) is 23.6 Å².